The van der Waals surface area contributed by atoms with Crippen molar-refractivity contribution in [2.45, 2.75) is 24.3 Å². The van der Waals surface area contributed by atoms with Crippen molar-refractivity contribution in [3.05, 3.63) is 64.7 Å². The van der Waals surface area contributed by atoms with Gasteiger partial charge in [0, 0.05) is 18.0 Å². The molecule has 1 aliphatic rings. The molecule has 0 bridgehead atoms. The van der Waals surface area contributed by atoms with Gasteiger partial charge in [-0.1, -0.05) is 41.9 Å². The van der Waals surface area contributed by atoms with E-state index in [1.54, 1.807) is 12.1 Å². The molecule has 0 unspecified atom stereocenters. The van der Waals surface area contributed by atoms with Crippen LogP contribution in [0.3, 0.4) is 0 Å². The summed E-state index contributed by atoms with van der Waals surface area (Å²) in [7, 11) is 0. The summed E-state index contributed by atoms with van der Waals surface area (Å²) in [6.45, 7) is 3.89. The smallest absolute Gasteiger partial charge is 0.252 e. The van der Waals surface area contributed by atoms with Crippen molar-refractivity contribution in [2.75, 3.05) is 25.9 Å². The summed E-state index contributed by atoms with van der Waals surface area (Å²) in [6, 6.07) is 15.8. The number of halogens is 1. The molecule has 1 amide bonds. The van der Waals surface area contributed by atoms with Gasteiger partial charge in [0.1, 0.15) is 0 Å². The highest BCUT2D eigenvalue weighted by atomic mass is 35.5. The average Bonchev–Trinajstić information content (AvgIpc) is 2.68. The van der Waals surface area contributed by atoms with E-state index in [0.29, 0.717) is 16.5 Å². The molecule has 3 rings (SSSR count). The standard InChI is InChI=1S/C21H25ClN2OS/c1-26-20-9-5-2-6-17(20)15-24-12-10-16(11-13-24)14-23-21(25)18-7-3-4-8-19(18)22/h2-9,16H,10-15H2,1H3,(H,23,25). The Hall–Kier alpha value is -1.49. The zero-order valence-electron chi connectivity index (χ0n) is 15.1. The van der Waals surface area contributed by atoms with Crippen LogP contribution in [0.1, 0.15) is 28.8 Å². The maximum Gasteiger partial charge on any atom is 0.252 e. The lowest BCUT2D eigenvalue weighted by Gasteiger charge is -2.32. The minimum absolute atomic E-state index is 0.0769. The Kier molecular flexibility index (Phi) is 7.00. The molecule has 0 saturated carbocycles. The van der Waals surface area contributed by atoms with E-state index in [0.717, 1.165) is 39.0 Å². The fourth-order valence-electron chi connectivity index (χ4n) is 3.40. The highest BCUT2D eigenvalue weighted by molar-refractivity contribution is 7.98. The van der Waals surface area contributed by atoms with Crippen LogP contribution in [0.15, 0.2) is 53.4 Å². The molecule has 1 fully saturated rings. The molecule has 2 aromatic rings. The number of hydrogen-bond donors (Lipinski definition) is 1. The summed E-state index contributed by atoms with van der Waals surface area (Å²) in [5.41, 5.74) is 1.96. The largest absolute Gasteiger partial charge is 0.352 e. The minimum Gasteiger partial charge on any atom is -0.352 e. The van der Waals surface area contributed by atoms with Crippen molar-refractivity contribution in [2.24, 2.45) is 5.92 Å². The van der Waals surface area contributed by atoms with Gasteiger partial charge >= 0.3 is 0 Å². The molecule has 138 valence electrons. The van der Waals surface area contributed by atoms with Gasteiger partial charge in [-0.2, -0.15) is 0 Å². The summed E-state index contributed by atoms with van der Waals surface area (Å²) >= 11 is 7.90. The van der Waals surface area contributed by atoms with Gasteiger partial charge in [0.05, 0.1) is 10.6 Å². The van der Waals surface area contributed by atoms with Crippen LogP contribution >= 0.6 is 23.4 Å². The first kappa shape index (κ1) is 19.3. The second-order valence-electron chi connectivity index (χ2n) is 6.72. The van der Waals surface area contributed by atoms with Crippen molar-refractivity contribution >= 4 is 29.3 Å². The highest BCUT2D eigenvalue weighted by Gasteiger charge is 2.21. The molecule has 0 aromatic heterocycles. The topological polar surface area (TPSA) is 32.3 Å². The summed E-state index contributed by atoms with van der Waals surface area (Å²) in [5.74, 6) is 0.459. The molecular formula is C21H25ClN2OS. The number of carbonyl (C=O) groups excluding carboxylic acids is 1. The molecule has 2 aromatic carbocycles. The number of piperidine rings is 1. The lowest BCUT2D eigenvalue weighted by molar-refractivity contribution is 0.0935. The second kappa shape index (κ2) is 9.45. The predicted octanol–water partition coefficient (Wildman–Crippen LogP) is 4.70. The zero-order valence-corrected chi connectivity index (χ0v) is 16.7. The Morgan fingerprint density at radius 1 is 1.15 bits per heavy atom. The van der Waals surface area contributed by atoms with E-state index in [-0.39, 0.29) is 5.91 Å². The van der Waals surface area contributed by atoms with Crippen LogP contribution in [0.4, 0.5) is 0 Å². The highest BCUT2D eigenvalue weighted by Crippen LogP contribution is 2.24. The Labute approximate surface area is 165 Å². The van der Waals surface area contributed by atoms with E-state index >= 15 is 0 Å². The number of rotatable bonds is 6. The molecule has 1 N–H and O–H groups in total. The first-order chi connectivity index (χ1) is 12.7. The van der Waals surface area contributed by atoms with Crippen molar-refractivity contribution < 1.29 is 4.79 Å². The van der Waals surface area contributed by atoms with Crippen LogP contribution in [0.5, 0.6) is 0 Å². The molecule has 3 nitrogen and oxygen atoms in total. The lowest BCUT2D eigenvalue weighted by atomic mass is 9.96. The summed E-state index contributed by atoms with van der Waals surface area (Å²) in [6.07, 6.45) is 4.36. The normalized spacial score (nSPS) is 15.8. The first-order valence-corrected chi connectivity index (χ1v) is 10.6. The van der Waals surface area contributed by atoms with Gasteiger partial charge < -0.3 is 5.32 Å². The fourth-order valence-corrected chi connectivity index (χ4v) is 4.23. The lowest BCUT2D eigenvalue weighted by Crippen LogP contribution is -2.38. The Balaban J connectivity index is 1.45. The number of likely N-dealkylation sites (tertiary alicyclic amines) is 1. The van der Waals surface area contributed by atoms with E-state index in [1.807, 2.05) is 23.9 Å². The number of hydrogen-bond acceptors (Lipinski definition) is 3. The first-order valence-electron chi connectivity index (χ1n) is 9.04. The van der Waals surface area contributed by atoms with E-state index in [2.05, 4.69) is 40.7 Å². The number of thioether (sulfide) groups is 1. The maximum absolute atomic E-state index is 12.3. The summed E-state index contributed by atoms with van der Waals surface area (Å²) in [5, 5.41) is 3.55. The van der Waals surface area contributed by atoms with Gasteiger partial charge in [-0.3, -0.25) is 9.69 Å². The van der Waals surface area contributed by atoms with Gasteiger partial charge in [-0.15, -0.1) is 11.8 Å². The quantitative estimate of drug-likeness (QED) is 0.727. The molecule has 0 aliphatic carbocycles. The van der Waals surface area contributed by atoms with Gasteiger partial charge in [-0.25, -0.2) is 0 Å². The summed E-state index contributed by atoms with van der Waals surface area (Å²) in [4.78, 5) is 16.2. The monoisotopic (exact) mass is 388 g/mol. The molecule has 0 atom stereocenters. The van der Waals surface area contributed by atoms with E-state index in [9.17, 15) is 4.79 Å². The molecule has 1 aliphatic heterocycles. The molecule has 26 heavy (non-hydrogen) atoms. The van der Waals surface area contributed by atoms with Gasteiger partial charge in [0.2, 0.25) is 0 Å². The van der Waals surface area contributed by atoms with Crippen molar-refractivity contribution in [1.82, 2.24) is 10.2 Å². The van der Waals surface area contributed by atoms with Gasteiger partial charge in [0.25, 0.3) is 5.91 Å². The van der Waals surface area contributed by atoms with E-state index in [4.69, 9.17) is 11.6 Å². The molecule has 5 heteroatoms. The SMILES string of the molecule is CSc1ccccc1CN1CCC(CNC(=O)c2ccccc2Cl)CC1. The Morgan fingerprint density at radius 3 is 2.58 bits per heavy atom. The third-order valence-corrected chi connectivity index (χ3v) is 6.13. The maximum atomic E-state index is 12.3. The zero-order chi connectivity index (χ0) is 18.4. The second-order valence-corrected chi connectivity index (χ2v) is 7.98. The molecule has 0 radical (unpaired) electrons. The number of carbonyl (C=O) groups is 1. The molecule has 1 heterocycles. The number of nitrogens with zero attached hydrogens (tertiary/aromatic N) is 1. The van der Waals surface area contributed by atoms with E-state index < -0.39 is 0 Å². The van der Waals surface area contributed by atoms with Crippen LogP contribution in [0, 0.1) is 5.92 Å². The van der Waals surface area contributed by atoms with Crippen molar-refractivity contribution in [3.63, 3.8) is 0 Å². The van der Waals surface area contributed by atoms with Crippen LogP contribution in [-0.2, 0) is 6.54 Å². The summed E-state index contributed by atoms with van der Waals surface area (Å²) < 4.78 is 0. The fraction of sp³-hybridized carbons (Fsp3) is 0.381. The van der Waals surface area contributed by atoms with Gasteiger partial charge in [-0.05, 0) is 61.9 Å². The van der Waals surface area contributed by atoms with Crippen LogP contribution in [0.25, 0.3) is 0 Å². The average molecular weight is 389 g/mol. The molecule has 0 spiro atoms. The van der Waals surface area contributed by atoms with E-state index in [1.165, 1.54) is 10.5 Å². The minimum atomic E-state index is -0.0769. The number of nitrogens with one attached hydrogen (secondary N) is 1. The Morgan fingerprint density at radius 2 is 1.85 bits per heavy atom. The number of benzene rings is 2. The number of amides is 1. The Bertz CT molecular complexity index is 744. The van der Waals surface area contributed by atoms with Crippen LogP contribution < -0.4 is 5.32 Å². The third-order valence-electron chi connectivity index (χ3n) is 4.96. The van der Waals surface area contributed by atoms with Crippen LogP contribution in [-0.4, -0.2) is 36.7 Å². The van der Waals surface area contributed by atoms with Gasteiger partial charge in [0.15, 0.2) is 0 Å². The van der Waals surface area contributed by atoms with Crippen molar-refractivity contribution in [1.29, 1.82) is 0 Å². The molecule has 1 saturated heterocycles. The predicted molar refractivity (Wildman–Crippen MR) is 110 cm³/mol. The third kappa shape index (κ3) is 5.03. The molecular weight excluding hydrogens is 364 g/mol. The van der Waals surface area contributed by atoms with Crippen molar-refractivity contribution in [3.8, 4) is 0 Å². The van der Waals surface area contributed by atoms with Crippen LogP contribution in [0.2, 0.25) is 5.02 Å².